The minimum absolute atomic E-state index is 0.0161. The van der Waals surface area contributed by atoms with E-state index in [1.807, 2.05) is 0 Å². The highest BCUT2D eigenvalue weighted by Crippen LogP contribution is 2.10. The lowest BCUT2D eigenvalue weighted by atomic mass is 10.3. The maximum Gasteiger partial charge on any atom is 0.341 e. The number of carbonyl (C=O) groups is 2. The maximum atomic E-state index is 12.7. The molecule has 0 bridgehead atoms. The van der Waals surface area contributed by atoms with Crippen molar-refractivity contribution in [2.45, 2.75) is 19.9 Å². The Hall–Kier alpha value is -2.91. The van der Waals surface area contributed by atoms with Crippen molar-refractivity contribution in [1.82, 2.24) is 18.7 Å². The molecule has 10 nitrogen and oxygen atoms in total. The zero-order valence-corrected chi connectivity index (χ0v) is 13.8. The van der Waals surface area contributed by atoms with Gasteiger partial charge in [-0.1, -0.05) is 0 Å². The zero-order valence-electron chi connectivity index (χ0n) is 13.8. The van der Waals surface area contributed by atoms with Gasteiger partial charge in [-0.2, -0.15) is 0 Å². The number of aryl methyl sites for hydroxylation is 2. The van der Waals surface area contributed by atoms with Crippen LogP contribution in [-0.4, -0.2) is 43.8 Å². The topological polar surface area (TPSA) is 114 Å². The maximum absolute atomic E-state index is 12.7. The summed E-state index contributed by atoms with van der Waals surface area (Å²) in [5, 5.41) is 0. The molecule has 0 spiro atoms. The van der Waals surface area contributed by atoms with E-state index in [-0.39, 0.29) is 24.4 Å². The van der Waals surface area contributed by atoms with Gasteiger partial charge < -0.3 is 14.0 Å². The molecular formula is C14H18N4O6. The van der Waals surface area contributed by atoms with E-state index in [1.165, 1.54) is 17.9 Å². The predicted molar refractivity (Wildman–Crippen MR) is 82.5 cm³/mol. The summed E-state index contributed by atoms with van der Waals surface area (Å²) >= 11 is 0. The summed E-state index contributed by atoms with van der Waals surface area (Å²) in [6, 6.07) is -1.81. The van der Waals surface area contributed by atoms with E-state index in [0.717, 1.165) is 4.57 Å². The summed E-state index contributed by atoms with van der Waals surface area (Å²) in [5.41, 5.74) is -1.46. The average Bonchev–Trinajstić information content (AvgIpc) is 2.91. The van der Waals surface area contributed by atoms with E-state index in [2.05, 4.69) is 4.98 Å². The second-order valence-corrected chi connectivity index (χ2v) is 4.95. The molecule has 2 aromatic heterocycles. The van der Waals surface area contributed by atoms with E-state index in [0.29, 0.717) is 4.57 Å². The third-order valence-corrected chi connectivity index (χ3v) is 3.43. The van der Waals surface area contributed by atoms with Gasteiger partial charge in [-0.25, -0.2) is 23.9 Å². The van der Waals surface area contributed by atoms with Crippen LogP contribution >= 0.6 is 0 Å². The van der Waals surface area contributed by atoms with Gasteiger partial charge in [-0.05, 0) is 13.8 Å². The molecule has 10 heteroatoms. The van der Waals surface area contributed by atoms with Gasteiger partial charge in [-0.15, -0.1) is 0 Å². The number of esters is 2. The number of hydrogen-bond donors (Lipinski definition) is 0. The molecule has 0 aromatic carbocycles. The molecular weight excluding hydrogens is 320 g/mol. The Kier molecular flexibility index (Phi) is 4.86. The fraction of sp³-hybridized carbons (Fsp3) is 0.500. The van der Waals surface area contributed by atoms with E-state index >= 15 is 0 Å². The van der Waals surface area contributed by atoms with Crippen LogP contribution in [0.5, 0.6) is 0 Å². The van der Waals surface area contributed by atoms with Gasteiger partial charge in [-0.3, -0.25) is 9.36 Å². The lowest BCUT2D eigenvalue weighted by Crippen LogP contribution is -2.47. The van der Waals surface area contributed by atoms with Gasteiger partial charge >= 0.3 is 17.6 Å². The summed E-state index contributed by atoms with van der Waals surface area (Å²) in [4.78, 5) is 53.6. The average molecular weight is 338 g/mol. The van der Waals surface area contributed by atoms with Crippen molar-refractivity contribution in [3.63, 3.8) is 0 Å². The fourth-order valence-corrected chi connectivity index (χ4v) is 2.34. The number of carbonyl (C=O) groups excluding carboxylic acids is 2. The molecule has 0 radical (unpaired) electrons. The molecule has 24 heavy (non-hydrogen) atoms. The van der Waals surface area contributed by atoms with Crippen LogP contribution in [0.1, 0.15) is 19.9 Å². The number of hydrogen-bond acceptors (Lipinski definition) is 7. The summed E-state index contributed by atoms with van der Waals surface area (Å²) in [7, 11) is 2.95. The van der Waals surface area contributed by atoms with Gasteiger partial charge in [0.2, 0.25) is 6.04 Å². The van der Waals surface area contributed by atoms with Crippen LogP contribution in [0.25, 0.3) is 11.2 Å². The van der Waals surface area contributed by atoms with Crippen LogP contribution < -0.4 is 11.2 Å². The Labute approximate surface area is 136 Å². The van der Waals surface area contributed by atoms with Gasteiger partial charge in [0.05, 0.1) is 19.5 Å². The smallest absolute Gasteiger partial charge is 0.341 e. The van der Waals surface area contributed by atoms with Crippen LogP contribution in [0.2, 0.25) is 0 Å². The highest BCUT2D eigenvalue weighted by molar-refractivity contribution is 5.97. The molecule has 0 aliphatic carbocycles. The molecule has 0 unspecified atom stereocenters. The molecule has 2 heterocycles. The van der Waals surface area contributed by atoms with E-state index in [9.17, 15) is 19.2 Å². The van der Waals surface area contributed by atoms with Crippen LogP contribution in [-0.2, 0) is 33.2 Å². The first-order valence-corrected chi connectivity index (χ1v) is 7.30. The van der Waals surface area contributed by atoms with E-state index < -0.39 is 29.2 Å². The van der Waals surface area contributed by atoms with Crippen molar-refractivity contribution in [3.8, 4) is 0 Å². The Balaban J connectivity index is 2.81. The summed E-state index contributed by atoms with van der Waals surface area (Å²) in [6.45, 7) is 3.06. The van der Waals surface area contributed by atoms with Gasteiger partial charge in [0, 0.05) is 14.1 Å². The first kappa shape index (κ1) is 17.4. The Morgan fingerprint density at radius 3 is 2.17 bits per heavy atom. The first-order chi connectivity index (χ1) is 11.3. The van der Waals surface area contributed by atoms with Crippen LogP contribution in [0.15, 0.2) is 15.9 Å². The number of nitrogens with zero attached hydrogens (tertiary/aromatic N) is 4. The van der Waals surface area contributed by atoms with Crippen molar-refractivity contribution in [2.75, 3.05) is 13.2 Å². The highest BCUT2D eigenvalue weighted by Gasteiger charge is 2.35. The summed E-state index contributed by atoms with van der Waals surface area (Å²) in [6.07, 6.45) is 1.36. The molecule has 2 aromatic rings. The third-order valence-electron chi connectivity index (χ3n) is 3.43. The predicted octanol–water partition coefficient (Wildman–Crippen LogP) is -0.899. The van der Waals surface area contributed by atoms with Crippen molar-refractivity contribution in [1.29, 1.82) is 0 Å². The van der Waals surface area contributed by atoms with Crippen LogP contribution in [0.3, 0.4) is 0 Å². The highest BCUT2D eigenvalue weighted by atomic mass is 16.6. The van der Waals surface area contributed by atoms with E-state index in [1.54, 1.807) is 20.9 Å². The standard InChI is InChI=1S/C14H18N4O6/c1-5-23-12(20)9(13(21)24-6-2)18-11(19)8-10(15-7-16(8)3)17(4)14(18)22/h7,9H,5-6H2,1-4H3. The van der Waals surface area contributed by atoms with Gasteiger partial charge in [0.15, 0.2) is 11.2 Å². The zero-order chi connectivity index (χ0) is 18.0. The number of aromatic nitrogens is 4. The minimum atomic E-state index is -1.81. The van der Waals surface area contributed by atoms with E-state index in [4.69, 9.17) is 9.47 Å². The Morgan fingerprint density at radius 2 is 1.67 bits per heavy atom. The van der Waals surface area contributed by atoms with Crippen molar-refractivity contribution in [3.05, 3.63) is 27.2 Å². The minimum Gasteiger partial charge on any atom is -0.464 e. The van der Waals surface area contributed by atoms with Crippen molar-refractivity contribution >= 4 is 23.1 Å². The molecule has 0 aliphatic heterocycles. The molecule has 0 atom stereocenters. The lowest BCUT2D eigenvalue weighted by molar-refractivity contribution is -0.160. The molecule has 0 amide bonds. The number of fused-ring (bicyclic) bond motifs is 1. The second-order valence-electron chi connectivity index (χ2n) is 4.95. The molecule has 130 valence electrons. The second kappa shape index (κ2) is 6.69. The molecule has 0 aliphatic rings. The molecule has 0 saturated carbocycles. The molecule has 0 N–H and O–H groups in total. The van der Waals surface area contributed by atoms with Crippen molar-refractivity contribution in [2.24, 2.45) is 14.1 Å². The van der Waals surface area contributed by atoms with Crippen LogP contribution in [0.4, 0.5) is 0 Å². The number of ether oxygens (including phenoxy) is 2. The fourth-order valence-electron chi connectivity index (χ4n) is 2.34. The number of imidazole rings is 1. The van der Waals surface area contributed by atoms with Gasteiger partial charge in [0.1, 0.15) is 0 Å². The Bertz CT molecular complexity index is 888. The van der Waals surface area contributed by atoms with Crippen LogP contribution in [0, 0.1) is 0 Å². The Morgan fingerprint density at radius 1 is 1.12 bits per heavy atom. The van der Waals surface area contributed by atoms with Crippen molar-refractivity contribution < 1.29 is 19.1 Å². The largest absolute Gasteiger partial charge is 0.464 e. The monoisotopic (exact) mass is 338 g/mol. The number of rotatable bonds is 5. The molecule has 0 fully saturated rings. The molecule has 0 saturated heterocycles. The van der Waals surface area contributed by atoms with Gasteiger partial charge in [0.25, 0.3) is 5.56 Å². The summed E-state index contributed by atoms with van der Waals surface area (Å²) in [5.74, 6) is -2.06. The third kappa shape index (κ3) is 2.70. The molecule has 2 rings (SSSR count). The quantitative estimate of drug-likeness (QED) is 0.512. The lowest BCUT2D eigenvalue weighted by Gasteiger charge is -2.17. The SMILES string of the molecule is CCOC(=O)C(C(=O)OCC)n1c(=O)c2c(ncn2C)n(C)c1=O. The first-order valence-electron chi connectivity index (χ1n) is 7.30. The summed E-state index contributed by atoms with van der Waals surface area (Å²) < 4.78 is 12.7. The normalized spacial score (nSPS) is 11.0.